The van der Waals surface area contributed by atoms with Crippen LogP contribution < -0.4 is 4.90 Å². The Morgan fingerprint density at radius 3 is 2.41 bits per heavy atom. The molecule has 0 fully saturated rings. The number of anilines is 1. The van der Waals surface area contributed by atoms with Gasteiger partial charge in [0.1, 0.15) is 0 Å². The number of carbonyl (C=O) groups is 2. The number of carbonyl (C=O) groups excluding carboxylic acids is 2. The highest BCUT2D eigenvalue weighted by Gasteiger charge is 2.47. The van der Waals surface area contributed by atoms with E-state index in [1.165, 1.54) is 0 Å². The molecule has 0 aliphatic carbocycles. The average molecular weight is 472 g/mol. The molecule has 2 heterocycles. The van der Waals surface area contributed by atoms with E-state index in [1.54, 1.807) is 23.6 Å². The van der Waals surface area contributed by atoms with Crippen LogP contribution in [0, 0.1) is 5.92 Å². The first-order chi connectivity index (χ1) is 16.6. The third-order valence-corrected chi connectivity index (χ3v) is 6.87. The van der Waals surface area contributed by atoms with Crippen molar-refractivity contribution in [3.8, 4) is 0 Å². The van der Waals surface area contributed by atoms with Crippen LogP contribution in [-0.4, -0.2) is 34.3 Å². The monoisotopic (exact) mass is 471 g/mol. The summed E-state index contributed by atoms with van der Waals surface area (Å²) in [7, 11) is 0. The molecule has 0 unspecified atom stereocenters. The number of rotatable bonds is 6. The van der Waals surface area contributed by atoms with E-state index in [9.17, 15) is 9.59 Å². The highest BCUT2D eigenvalue weighted by atomic mass is 32.2. The zero-order chi connectivity index (χ0) is 23.7. The van der Waals surface area contributed by atoms with Crippen molar-refractivity contribution < 1.29 is 14.3 Å². The number of aromatic nitrogens is 2. The van der Waals surface area contributed by atoms with Crippen LogP contribution in [0.25, 0.3) is 11.0 Å². The molecule has 172 valence electrons. The second kappa shape index (κ2) is 9.35. The van der Waals surface area contributed by atoms with Crippen molar-refractivity contribution in [2.45, 2.75) is 24.4 Å². The molecule has 2 atom stereocenters. The Balaban J connectivity index is 1.73. The number of amides is 1. The lowest BCUT2D eigenvalue weighted by molar-refractivity contribution is -0.153. The molecule has 4 aromatic rings. The van der Waals surface area contributed by atoms with E-state index in [-0.39, 0.29) is 12.5 Å². The Bertz CT molecular complexity index is 1330. The maximum Gasteiger partial charge on any atom is 0.321 e. The summed E-state index contributed by atoms with van der Waals surface area (Å²) in [6.45, 7) is 2.28. The van der Waals surface area contributed by atoms with Crippen LogP contribution in [0.1, 0.15) is 24.1 Å². The second-order valence-corrected chi connectivity index (χ2v) is 9.01. The molecule has 5 rings (SSSR count). The molecule has 1 aliphatic heterocycles. The SMILES string of the molecule is CCOC(=O)[C@H]1C(=O)N(Cc2ccccc2)c2nc3ccccc3n2[C@H]1c1ccc(SC)cc1. The quantitative estimate of drug-likeness (QED) is 0.223. The van der Waals surface area contributed by atoms with Gasteiger partial charge in [-0.2, -0.15) is 0 Å². The minimum atomic E-state index is -1.02. The largest absolute Gasteiger partial charge is 0.465 e. The zero-order valence-corrected chi connectivity index (χ0v) is 19.9. The normalized spacial score (nSPS) is 17.6. The molecule has 1 amide bonds. The summed E-state index contributed by atoms with van der Waals surface area (Å²) in [5.74, 6) is -1.31. The number of imidazole rings is 1. The molecule has 0 saturated carbocycles. The van der Waals surface area contributed by atoms with Gasteiger partial charge in [0.25, 0.3) is 0 Å². The molecule has 3 aromatic carbocycles. The fraction of sp³-hybridized carbons (Fsp3) is 0.222. The van der Waals surface area contributed by atoms with E-state index in [4.69, 9.17) is 9.72 Å². The summed E-state index contributed by atoms with van der Waals surface area (Å²) < 4.78 is 7.45. The lowest BCUT2D eigenvalue weighted by atomic mass is 9.89. The molecule has 6 nitrogen and oxygen atoms in total. The number of nitrogens with zero attached hydrogens (tertiary/aromatic N) is 3. The third kappa shape index (κ3) is 3.86. The molecule has 1 aromatic heterocycles. The van der Waals surface area contributed by atoms with Crippen molar-refractivity contribution in [1.82, 2.24) is 9.55 Å². The van der Waals surface area contributed by atoms with Gasteiger partial charge in [-0.25, -0.2) is 4.98 Å². The number of ether oxygens (including phenoxy) is 1. The maximum absolute atomic E-state index is 14.0. The molecule has 34 heavy (non-hydrogen) atoms. The Labute approximate surface area is 202 Å². The van der Waals surface area contributed by atoms with Crippen LogP contribution >= 0.6 is 11.8 Å². The molecule has 0 spiro atoms. The first-order valence-corrected chi connectivity index (χ1v) is 12.5. The first kappa shape index (κ1) is 22.2. The van der Waals surface area contributed by atoms with Crippen molar-refractivity contribution in [2.75, 3.05) is 17.8 Å². The molecule has 0 N–H and O–H groups in total. The van der Waals surface area contributed by atoms with E-state index >= 15 is 0 Å². The Hall–Kier alpha value is -3.58. The predicted octanol–water partition coefficient (Wildman–Crippen LogP) is 5.07. The van der Waals surface area contributed by atoms with Crippen molar-refractivity contribution in [3.05, 3.63) is 90.0 Å². The molecular formula is C27H25N3O3S. The number of esters is 1. The number of benzene rings is 3. The molecule has 0 radical (unpaired) electrons. The summed E-state index contributed by atoms with van der Waals surface area (Å²) in [4.78, 5) is 34.8. The average Bonchev–Trinajstić information content (AvgIpc) is 3.25. The van der Waals surface area contributed by atoms with Crippen LogP contribution in [0.15, 0.2) is 83.8 Å². The molecule has 1 aliphatic rings. The minimum Gasteiger partial charge on any atom is -0.465 e. The highest BCUT2D eigenvalue weighted by molar-refractivity contribution is 7.98. The van der Waals surface area contributed by atoms with Gasteiger partial charge in [0.15, 0.2) is 5.92 Å². The van der Waals surface area contributed by atoms with Gasteiger partial charge >= 0.3 is 5.97 Å². The topological polar surface area (TPSA) is 64.4 Å². The Morgan fingerprint density at radius 2 is 1.71 bits per heavy atom. The van der Waals surface area contributed by atoms with Crippen LogP contribution in [-0.2, 0) is 20.9 Å². The molecular weight excluding hydrogens is 446 g/mol. The van der Waals surface area contributed by atoms with Crippen LogP contribution in [0.5, 0.6) is 0 Å². The third-order valence-electron chi connectivity index (χ3n) is 6.13. The summed E-state index contributed by atoms with van der Waals surface area (Å²) in [5, 5.41) is 0. The number of para-hydroxylation sites is 2. The lowest BCUT2D eigenvalue weighted by Gasteiger charge is -2.38. The predicted molar refractivity (Wildman–Crippen MR) is 134 cm³/mol. The van der Waals surface area contributed by atoms with E-state index < -0.39 is 17.9 Å². The van der Waals surface area contributed by atoms with Gasteiger partial charge in [-0.15, -0.1) is 11.8 Å². The van der Waals surface area contributed by atoms with Crippen LogP contribution in [0.3, 0.4) is 0 Å². The minimum absolute atomic E-state index is 0.205. The second-order valence-electron chi connectivity index (χ2n) is 8.13. The van der Waals surface area contributed by atoms with E-state index in [1.807, 2.05) is 89.7 Å². The molecule has 0 saturated heterocycles. The smallest absolute Gasteiger partial charge is 0.321 e. The zero-order valence-electron chi connectivity index (χ0n) is 19.0. The fourth-order valence-corrected chi connectivity index (χ4v) is 4.97. The van der Waals surface area contributed by atoms with Gasteiger partial charge in [-0.05, 0) is 48.6 Å². The van der Waals surface area contributed by atoms with E-state index in [2.05, 4.69) is 0 Å². The van der Waals surface area contributed by atoms with Crippen molar-refractivity contribution in [2.24, 2.45) is 5.92 Å². The summed E-state index contributed by atoms with van der Waals surface area (Å²) in [5.41, 5.74) is 3.47. The Kier molecular flexibility index (Phi) is 6.11. The maximum atomic E-state index is 14.0. The van der Waals surface area contributed by atoms with Gasteiger partial charge in [-0.3, -0.25) is 14.5 Å². The van der Waals surface area contributed by atoms with Gasteiger partial charge in [-0.1, -0.05) is 54.6 Å². The number of fused-ring (bicyclic) bond motifs is 3. The first-order valence-electron chi connectivity index (χ1n) is 11.2. The highest BCUT2D eigenvalue weighted by Crippen LogP contribution is 2.42. The van der Waals surface area contributed by atoms with Crippen molar-refractivity contribution in [3.63, 3.8) is 0 Å². The van der Waals surface area contributed by atoms with Crippen molar-refractivity contribution >= 4 is 40.6 Å². The lowest BCUT2D eigenvalue weighted by Crippen LogP contribution is -2.49. The van der Waals surface area contributed by atoms with E-state index in [0.29, 0.717) is 12.5 Å². The van der Waals surface area contributed by atoms with E-state index in [0.717, 1.165) is 27.1 Å². The van der Waals surface area contributed by atoms with Gasteiger partial charge < -0.3 is 9.30 Å². The Morgan fingerprint density at radius 1 is 1.00 bits per heavy atom. The summed E-state index contributed by atoms with van der Waals surface area (Å²) >= 11 is 1.65. The molecule has 7 heteroatoms. The standard InChI is InChI=1S/C27H25N3O3S/c1-3-33-26(32)23-24(19-13-15-20(34-2)16-14-19)30-22-12-8-7-11-21(22)28-27(30)29(25(23)31)17-18-9-5-4-6-10-18/h4-16,23-24H,3,17H2,1-2H3/t23-,24+/m1/s1. The summed E-state index contributed by atoms with van der Waals surface area (Å²) in [6, 6.07) is 25.0. The van der Waals surface area contributed by atoms with Crippen molar-refractivity contribution in [1.29, 1.82) is 0 Å². The number of hydrogen-bond acceptors (Lipinski definition) is 5. The fourth-order valence-electron chi connectivity index (χ4n) is 4.57. The van der Waals surface area contributed by atoms with Gasteiger partial charge in [0, 0.05) is 4.90 Å². The number of hydrogen-bond donors (Lipinski definition) is 0. The van der Waals surface area contributed by atoms with Gasteiger partial charge in [0.2, 0.25) is 11.9 Å². The van der Waals surface area contributed by atoms with Crippen LogP contribution in [0.2, 0.25) is 0 Å². The van der Waals surface area contributed by atoms with Gasteiger partial charge in [0.05, 0.1) is 30.2 Å². The summed E-state index contributed by atoms with van der Waals surface area (Å²) in [6.07, 6.45) is 2.02. The van der Waals surface area contributed by atoms with Crippen LogP contribution in [0.4, 0.5) is 5.95 Å². The number of thioether (sulfide) groups is 1. The molecule has 0 bridgehead atoms.